The van der Waals surface area contributed by atoms with Gasteiger partial charge in [0, 0.05) is 5.02 Å². The van der Waals surface area contributed by atoms with Crippen LogP contribution in [-0.2, 0) is 15.0 Å². The minimum atomic E-state index is -4.48. The van der Waals surface area contributed by atoms with E-state index in [9.17, 15) is 22.8 Å². The van der Waals surface area contributed by atoms with Crippen LogP contribution in [0.1, 0.15) is 37.7 Å². The second-order valence-electron chi connectivity index (χ2n) is 6.23. The number of hydrogen-bond acceptors (Lipinski definition) is 2. The van der Waals surface area contributed by atoms with E-state index in [-0.39, 0.29) is 5.91 Å². The Hall–Kier alpha value is -1.76. The highest BCUT2D eigenvalue weighted by atomic mass is 35.5. The molecule has 2 amide bonds. The van der Waals surface area contributed by atoms with Gasteiger partial charge < -0.3 is 10.6 Å². The Morgan fingerprint density at radius 2 is 1.80 bits per heavy atom. The number of rotatable bonds is 5. The lowest BCUT2D eigenvalue weighted by Gasteiger charge is -2.36. The molecule has 1 fully saturated rings. The van der Waals surface area contributed by atoms with Crippen molar-refractivity contribution in [2.45, 2.75) is 43.7 Å². The van der Waals surface area contributed by atoms with Gasteiger partial charge in [-0.25, -0.2) is 0 Å². The summed E-state index contributed by atoms with van der Waals surface area (Å²) < 4.78 is 36.3. The van der Waals surface area contributed by atoms with Crippen molar-refractivity contribution < 1.29 is 22.8 Å². The summed E-state index contributed by atoms with van der Waals surface area (Å²) in [5.41, 5.74) is -0.0270. The fourth-order valence-electron chi connectivity index (χ4n) is 3.18. The summed E-state index contributed by atoms with van der Waals surface area (Å²) in [6.07, 6.45) is -0.514. The van der Waals surface area contributed by atoms with Crippen LogP contribution in [0.15, 0.2) is 24.3 Å². The molecule has 1 saturated carbocycles. The molecule has 2 rings (SSSR count). The van der Waals surface area contributed by atoms with Crippen LogP contribution in [0.3, 0.4) is 0 Å². The van der Waals surface area contributed by atoms with Gasteiger partial charge in [0.1, 0.15) is 6.54 Å². The molecule has 0 aromatic heterocycles. The van der Waals surface area contributed by atoms with Gasteiger partial charge in [-0.15, -0.1) is 0 Å². The molecule has 0 radical (unpaired) electrons. The maximum absolute atomic E-state index is 12.8. The van der Waals surface area contributed by atoms with Gasteiger partial charge in [0.25, 0.3) is 0 Å². The van der Waals surface area contributed by atoms with Gasteiger partial charge in [0.2, 0.25) is 11.8 Å². The van der Waals surface area contributed by atoms with Gasteiger partial charge in [-0.05, 0) is 30.5 Å². The van der Waals surface area contributed by atoms with Crippen LogP contribution in [0.4, 0.5) is 13.2 Å². The summed E-state index contributed by atoms with van der Waals surface area (Å²) in [7, 11) is 0. The third-order valence-corrected chi connectivity index (χ3v) is 4.65. The molecule has 0 unspecified atom stereocenters. The Kier molecular flexibility index (Phi) is 6.32. The molecule has 0 atom stereocenters. The normalized spacial score (nSPS) is 17.0. The van der Waals surface area contributed by atoms with Crippen LogP contribution in [0, 0.1) is 0 Å². The SMILES string of the molecule is O=C(CNC(=O)C1(c2cccc(Cl)c2)CCCCC1)NCC(F)(F)F. The zero-order chi connectivity index (χ0) is 18.5. The number of hydrogen-bond donors (Lipinski definition) is 2. The second-order valence-corrected chi connectivity index (χ2v) is 6.66. The number of carbonyl (C=O) groups is 2. The van der Waals surface area contributed by atoms with Crippen LogP contribution in [-0.4, -0.2) is 31.1 Å². The minimum absolute atomic E-state index is 0.350. The predicted molar refractivity (Wildman–Crippen MR) is 88.3 cm³/mol. The molecule has 2 N–H and O–H groups in total. The average molecular weight is 377 g/mol. The highest BCUT2D eigenvalue weighted by molar-refractivity contribution is 6.30. The topological polar surface area (TPSA) is 58.2 Å². The molecule has 4 nitrogen and oxygen atoms in total. The third kappa shape index (κ3) is 5.36. The van der Waals surface area contributed by atoms with Crippen LogP contribution in [0.2, 0.25) is 5.02 Å². The molecule has 0 saturated heterocycles. The summed E-state index contributed by atoms with van der Waals surface area (Å²) >= 11 is 6.04. The Morgan fingerprint density at radius 3 is 2.40 bits per heavy atom. The number of benzene rings is 1. The molecular formula is C17H20ClF3N2O2. The minimum Gasteiger partial charge on any atom is -0.346 e. The van der Waals surface area contributed by atoms with Crippen molar-refractivity contribution in [3.63, 3.8) is 0 Å². The highest BCUT2D eigenvalue weighted by Gasteiger charge is 2.41. The Labute approximate surface area is 149 Å². The van der Waals surface area contributed by atoms with Crippen molar-refractivity contribution in [1.82, 2.24) is 10.6 Å². The van der Waals surface area contributed by atoms with E-state index < -0.39 is 30.6 Å². The highest BCUT2D eigenvalue weighted by Crippen LogP contribution is 2.40. The number of carbonyl (C=O) groups excluding carboxylic acids is 2. The second kappa shape index (κ2) is 8.08. The summed E-state index contributed by atoms with van der Waals surface area (Å²) in [6.45, 7) is -1.90. The van der Waals surface area contributed by atoms with Gasteiger partial charge in [-0.2, -0.15) is 13.2 Å². The van der Waals surface area contributed by atoms with Crippen molar-refractivity contribution >= 4 is 23.4 Å². The third-order valence-electron chi connectivity index (χ3n) is 4.41. The fourth-order valence-corrected chi connectivity index (χ4v) is 3.37. The van der Waals surface area contributed by atoms with Gasteiger partial charge in [-0.1, -0.05) is 43.0 Å². The van der Waals surface area contributed by atoms with E-state index in [4.69, 9.17) is 11.6 Å². The van der Waals surface area contributed by atoms with Crippen molar-refractivity contribution in [2.24, 2.45) is 0 Å². The smallest absolute Gasteiger partial charge is 0.346 e. The van der Waals surface area contributed by atoms with Gasteiger partial charge in [0.15, 0.2) is 0 Å². The first kappa shape index (κ1) is 19.6. The van der Waals surface area contributed by atoms with E-state index in [1.165, 1.54) is 0 Å². The summed E-state index contributed by atoms with van der Waals surface area (Å²) in [5, 5.41) is 4.74. The van der Waals surface area contributed by atoms with Crippen LogP contribution in [0.5, 0.6) is 0 Å². The predicted octanol–water partition coefficient (Wildman–Crippen LogP) is 3.34. The van der Waals surface area contributed by atoms with Crippen LogP contribution >= 0.6 is 11.6 Å². The van der Waals surface area contributed by atoms with E-state index in [0.29, 0.717) is 17.9 Å². The van der Waals surface area contributed by atoms with Gasteiger partial charge in [-0.3, -0.25) is 9.59 Å². The zero-order valence-corrected chi connectivity index (χ0v) is 14.3. The molecule has 0 bridgehead atoms. The van der Waals surface area contributed by atoms with Crippen molar-refractivity contribution in [1.29, 1.82) is 0 Å². The van der Waals surface area contributed by atoms with Crippen LogP contribution < -0.4 is 10.6 Å². The van der Waals surface area contributed by atoms with E-state index in [2.05, 4.69) is 5.32 Å². The lowest BCUT2D eigenvalue weighted by atomic mass is 9.68. The monoisotopic (exact) mass is 376 g/mol. The van der Waals surface area contributed by atoms with E-state index >= 15 is 0 Å². The molecule has 0 aliphatic heterocycles. The number of nitrogens with one attached hydrogen (secondary N) is 2. The number of halogens is 4. The molecule has 138 valence electrons. The molecule has 0 heterocycles. The molecule has 25 heavy (non-hydrogen) atoms. The summed E-state index contributed by atoms with van der Waals surface area (Å²) in [6, 6.07) is 7.03. The Balaban J connectivity index is 2.06. The summed E-state index contributed by atoms with van der Waals surface area (Å²) in [5.74, 6) is -1.22. The largest absolute Gasteiger partial charge is 0.405 e. The Morgan fingerprint density at radius 1 is 1.12 bits per heavy atom. The van der Waals surface area contributed by atoms with Gasteiger partial charge in [0.05, 0.1) is 12.0 Å². The Bertz CT molecular complexity index is 629. The lowest BCUT2D eigenvalue weighted by Crippen LogP contribution is -2.49. The van der Waals surface area contributed by atoms with Crippen molar-refractivity contribution in [3.05, 3.63) is 34.9 Å². The average Bonchev–Trinajstić information content (AvgIpc) is 2.57. The van der Waals surface area contributed by atoms with E-state index in [0.717, 1.165) is 24.8 Å². The molecule has 1 aliphatic rings. The molecule has 0 spiro atoms. The molecular weight excluding hydrogens is 357 g/mol. The first-order valence-electron chi connectivity index (χ1n) is 8.11. The van der Waals surface area contributed by atoms with Crippen LogP contribution in [0.25, 0.3) is 0 Å². The van der Waals surface area contributed by atoms with Gasteiger partial charge >= 0.3 is 6.18 Å². The number of amides is 2. The standard InChI is InChI=1S/C17H20ClF3N2O2/c18-13-6-4-5-12(9-13)16(7-2-1-3-8-16)15(25)22-10-14(24)23-11-17(19,20)21/h4-6,9H,1-3,7-8,10-11H2,(H,22,25)(H,23,24). The fraction of sp³-hybridized carbons (Fsp3) is 0.529. The molecule has 8 heteroatoms. The van der Waals surface area contributed by atoms with Crippen molar-refractivity contribution in [2.75, 3.05) is 13.1 Å². The zero-order valence-electron chi connectivity index (χ0n) is 13.6. The maximum atomic E-state index is 12.8. The van der Waals surface area contributed by atoms with E-state index in [1.54, 1.807) is 23.5 Å². The van der Waals surface area contributed by atoms with Crippen molar-refractivity contribution in [3.8, 4) is 0 Å². The molecule has 1 aromatic rings. The molecule has 1 aromatic carbocycles. The van der Waals surface area contributed by atoms with E-state index in [1.807, 2.05) is 6.07 Å². The maximum Gasteiger partial charge on any atom is 0.405 e. The number of alkyl halides is 3. The first-order chi connectivity index (χ1) is 11.7. The lowest BCUT2D eigenvalue weighted by molar-refractivity contribution is -0.139. The molecule has 1 aliphatic carbocycles. The first-order valence-corrected chi connectivity index (χ1v) is 8.48. The quantitative estimate of drug-likeness (QED) is 0.828. The summed E-state index contributed by atoms with van der Waals surface area (Å²) in [4.78, 5) is 24.3.